The lowest BCUT2D eigenvalue weighted by Crippen LogP contribution is -2.30. The van der Waals surface area contributed by atoms with Crippen molar-refractivity contribution in [1.82, 2.24) is 10.6 Å². The SMILES string of the molecule is CC(=O)N[C@H](C/C(C(=O)O)=C(/C[C@@H](NC(C)=O)c1ccccc1)C(=O)O)c1ccccc1. The van der Waals surface area contributed by atoms with Crippen LogP contribution in [-0.4, -0.2) is 34.0 Å². The molecule has 0 radical (unpaired) electrons. The van der Waals surface area contributed by atoms with Gasteiger partial charge in [-0.3, -0.25) is 9.59 Å². The van der Waals surface area contributed by atoms with Gasteiger partial charge < -0.3 is 20.8 Å². The third-order valence-electron chi connectivity index (χ3n) is 4.86. The Morgan fingerprint density at radius 1 is 0.656 bits per heavy atom. The Labute approximate surface area is 186 Å². The number of carboxylic acid groups (broad SMARTS) is 2. The molecule has 4 N–H and O–H groups in total. The molecule has 0 fully saturated rings. The average Bonchev–Trinajstić information content (AvgIpc) is 2.74. The van der Waals surface area contributed by atoms with E-state index in [-0.39, 0.29) is 35.8 Å². The highest BCUT2D eigenvalue weighted by Crippen LogP contribution is 2.29. The lowest BCUT2D eigenvalue weighted by atomic mass is 9.90. The molecule has 0 aliphatic rings. The maximum Gasteiger partial charge on any atom is 0.332 e. The Morgan fingerprint density at radius 2 is 0.969 bits per heavy atom. The number of hydrogen-bond donors (Lipinski definition) is 4. The molecule has 0 saturated carbocycles. The first kappa shape index (κ1) is 24.3. The number of aliphatic carboxylic acids is 2. The number of hydrogen-bond acceptors (Lipinski definition) is 4. The fourth-order valence-corrected chi connectivity index (χ4v) is 3.45. The third-order valence-corrected chi connectivity index (χ3v) is 4.86. The first-order chi connectivity index (χ1) is 15.2. The van der Waals surface area contributed by atoms with E-state index in [9.17, 15) is 29.4 Å². The summed E-state index contributed by atoms with van der Waals surface area (Å²) in [6.45, 7) is 2.61. The van der Waals surface area contributed by atoms with E-state index in [2.05, 4.69) is 10.6 Å². The first-order valence-electron chi connectivity index (χ1n) is 10.0. The van der Waals surface area contributed by atoms with Gasteiger partial charge in [-0.2, -0.15) is 0 Å². The molecule has 168 valence electrons. The summed E-state index contributed by atoms with van der Waals surface area (Å²) >= 11 is 0. The van der Waals surface area contributed by atoms with Crippen LogP contribution in [0.5, 0.6) is 0 Å². The molecule has 0 aliphatic carbocycles. The molecule has 0 aliphatic heterocycles. The highest BCUT2D eigenvalue weighted by molar-refractivity contribution is 5.99. The fraction of sp³-hybridized carbons (Fsp3) is 0.250. The van der Waals surface area contributed by atoms with E-state index >= 15 is 0 Å². The summed E-state index contributed by atoms with van der Waals surface area (Å²) in [5.74, 6) is -3.55. The van der Waals surface area contributed by atoms with E-state index < -0.39 is 24.0 Å². The van der Waals surface area contributed by atoms with Gasteiger partial charge in [0.1, 0.15) is 0 Å². The van der Waals surface area contributed by atoms with Crippen molar-refractivity contribution < 1.29 is 29.4 Å². The standard InChI is InChI=1S/C24H26N2O6/c1-15(27)25-21(17-9-5-3-6-10-17)13-19(23(29)30)20(24(31)32)14-22(26-16(2)28)18-11-7-4-8-12-18/h3-12,21-22H,13-14H2,1-2H3,(H,25,27)(H,26,28)(H,29,30)(H,31,32)/b20-19+/t21-,22-/m1/s1. The van der Waals surface area contributed by atoms with Crippen LogP contribution in [0.15, 0.2) is 71.8 Å². The number of nitrogens with one attached hydrogen (secondary N) is 2. The van der Waals surface area contributed by atoms with Crippen molar-refractivity contribution in [2.24, 2.45) is 0 Å². The van der Waals surface area contributed by atoms with Crippen molar-refractivity contribution >= 4 is 23.8 Å². The molecule has 0 aromatic heterocycles. The maximum atomic E-state index is 12.1. The van der Waals surface area contributed by atoms with Gasteiger partial charge in [-0.1, -0.05) is 60.7 Å². The highest BCUT2D eigenvalue weighted by Gasteiger charge is 2.28. The number of rotatable bonds is 10. The molecule has 2 aromatic carbocycles. The van der Waals surface area contributed by atoms with Crippen molar-refractivity contribution in [1.29, 1.82) is 0 Å². The second-order valence-corrected chi connectivity index (χ2v) is 7.30. The third kappa shape index (κ3) is 7.09. The van der Waals surface area contributed by atoms with Gasteiger partial charge in [0, 0.05) is 37.8 Å². The van der Waals surface area contributed by atoms with Gasteiger partial charge in [0.2, 0.25) is 11.8 Å². The van der Waals surface area contributed by atoms with Gasteiger partial charge in [-0.05, 0) is 11.1 Å². The van der Waals surface area contributed by atoms with Crippen molar-refractivity contribution in [2.45, 2.75) is 38.8 Å². The van der Waals surface area contributed by atoms with E-state index in [4.69, 9.17) is 0 Å². The molecular formula is C24H26N2O6. The number of benzene rings is 2. The monoisotopic (exact) mass is 438 g/mol. The number of amides is 2. The van der Waals surface area contributed by atoms with Crippen LogP contribution in [0.2, 0.25) is 0 Å². The zero-order valence-electron chi connectivity index (χ0n) is 17.9. The topological polar surface area (TPSA) is 133 Å². The van der Waals surface area contributed by atoms with Gasteiger partial charge in [-0.15, -0.1) is 0 Å². The molecule has 0 unspecified atom stereocenters. The maximum absolute atomic E-state index is 12.1. The Balaban J connectivity index is 2.50. The molecule has 0 heterocycles. The number of carboxylic acids is 2. The summed E-state index contributed by atoms with van der Waals surface area (Å²) in [7, 11) is 0. The highest BCUT2D eigenvalue weighted by atomic mass is 16.4. The Morgan fingerprint density at radius 3 is 1.22 bits per heavy atom. The lowest BCUT2D eigenvalue weighted by Gasteiger charge is -2.22. The normalized spacial score (nSPS) is 13.3. The minimum Gasteiger partial charge on any atom is -0.478 e. The van der Waals surface area contributed by atoms with Gasteiger partial charge in [0.05, 0.1) is 12.1 Å². The van der Waals surface area contributed by atoms with E-state index in [0.29, 0.717) is 11.1 Å². The zero-order valence-corrected chi connectivity index (χ0v) is 17.9. The molecule has 2 rings (SSSR count). The van der Waals surface area contributed by atoms with Crippen LogP contribution in [0, 0.1) is 0 Å². The van der Waals surface area contributed by atoms with Crippen LogP contribution in [0.1, 0.15) is 49.9 Å². The second-order valence-electron chi connectivity index (χ2n) is 7.30. The van der Waals surface area contributed by atoms with Crippen LogP contribution >= 0.6 is 0 Å². The van der Waals surface area contributed by atoms with E-state index in [1.54, 1.807) is 60.7 Å². The molecule has 0 spiro atoms. The number of carbonyl (C=O) groups excluding carboxylic acids is 2. The minimum atomic E-state index is -1.40. The summed E-state index contributed by atoms with van der Waals surface area (Å²) in [6, 6.07) is 16.0. The molecule has 8 heteroatoms. The van der Waals surface area contributed by atoms with Crippen LogP contribution in [0.25, 0.3) is 0 Å². The van der Waals surface area contributed by atoms with Gasteiger partial charge >= 0.3 is 11.9 Å². The van der Waals surface area contributed by atoms with Crippen LogP contribution in [0.3, 0.4) is 0 Å². The largest absolute Gasteiger partial charge is 0.478 e. The van der Waals surface area contributed by atoms with Crippen molar-refractivity contribution in [2.75, 3.05) is 0 Å². The summed E-state index contributed by atoms with van der Waals surface area (Å²) in [5, 5.41) is 25.1. The van der Waals surface area contributed by atoms with Crippen molar-refractivity contribution in [3.05, 3.63) is 82.9 Å². The lowest BCUT2D eigenvalue weighted by molar-refractivity contribution is -0.136. The molecule has 8 nitrogen and oxygen atoms in total. The van der Waals surface area contributed by atoms with Gasteiger partial charge in [-0.25, -0.2) is 9.59 Å². The molecule has 2 amide bonds. The Bertz CT molecular complexity index is 920. The fourth-order valence-electron chi connectivity index (χ4n) is 3.45. The second kappa shape index (κ2) is 11.5. The van der Waals surface area contributed by atoms with Gasteiger partial charge in [0.25, 0.3) is 0 Å². The van der Waals surface area contributed by atoms with Crippen LogP contribution in [-0.2, 0) is 19.2 Å². The molecule has 2 aromatic rings. The number of carbonyl (C=O) groups is 4. The minimum absolute atomic E-state index is 0.234. The van der Waals surface area contributed by atoms with E-state index in [1.807, 2.05) is 0 Å². The quantitative estimate of drug-likeness (QED) is 0.422. The summed E-state index contributed by atoms with van der Waals surface area (Å²) in [5.41, 5.74) is 0.609. The van der Waals surface area contributed by atoms with E-state index in [1.165, 1.54) is 13.8 Å². The van der Waals surface area contributed by atoms with Crippen LogP contribution in [0.4, 0.5) is 0 Å². The van der Waals surface area contributed by atoms with E-state index in [0.717, 1.165) is 0 Å². The molecule has 0 saturated heterocycles. The molecule has 2 atom stereocenters. The molecule has 0 bridgehead atoms. The van der Waals surface area contributed by atoms with Crippen molar-refractivity contribution in [3.63, 3.8) is 0 Å². The van der Waals surface area contributed by atoms with Gasteiger partial charge in [0.15, 0.2) is 0 Å². The summed E-state index contributed by atoms with van der Waals surface area (Å²) in [4.78, 5) is 47.7. The first-order valence-corrected chi connectivity index (χ1v) is 10.0. The molecule has 32 heavy (non-hydrogen) atoms. The smallest absolute Gasteiger partial charge is 0.332 e. The van der Waals surface area contributed by atoms with Crippen LogP contribution < -0.4 is 10.6 Å². The summed E-state index contributed by atoms with van der Waals surface area (Å²) < 4.78 is 0. The zero-order chi connectivity index (χ0) is 23.7. The predicted molar refractivity (Wildman–Crippen MR) is 118 cm³/mol. The molecular weight excluding hydrogens is 412 g/mol. The summed E-state index contributed by atoms with van der Waals surface area (Å²) in [6.07, 6.45) is -0.468. The average molecular weight is 438 g/mol. The van der Waals surface area contributed by atoms with Crippen molar-refractivity contribution in [3.8, 4) is 0 Å². The Hall–Kier alpha value is -3.94. The predicted octanol–water partition coefficient (Wildman–Crippen LogP) is 2.99. The Kier molecular flexibility index (Phi) is 8.71.